The van der Waals surface area contributed by atoms with Gasteiger partial charge in [0, 0.05) is 11.8 Å². The fraction of sp³-hybridized carbons (Fsp3) is 0.143. The minimum atomic E-state index is -0.510. The number of ether oxygens (including phenoxy) is 1. The van der Waals surface area contributed by atoms with Crippen molar-refractivity contribution in [2.75, 3.05) is 5.73 Å². The van der Waals surface area contributed by atoms with Crippen LogP contribution >= 0.6 is 15.9 Å². The van der Waals surface area contributed by atoms with Gasteiger partial charge in [0.25, 0.3) is 0 Å². The molecule has 0 saturated carbocycles. The first-order valence-corrected chi connectivity index (χ1v) is 6.39. The van der Waals surface area contributed by atoms with Crippen LogP contribution in [0.25, 0.3) is 0 Å². The maximum Gasteiger partial charge on any atom is 0.167 e. The summed E-state index contributed by atoms with van der Waals surface area (Å²) in [7, 11) is 0. The van der Waals surface area contributed by atoms with Gasteiger partial charge in [-0.05, 0) is 52.2 Å². The predicted octanol–water partition coefficient (Wildman–Crippen LogP) is 4.20. The van der Waals surface area contributed by atoms with Gasteiger partial charge in [-0.25, -0.2) is 8.78 Å². The number of nitrogens with two attached hydrogens (primary N) is 1. The second-order valence-electron chi connectivity index (χ2n) is 4.18. The highest BCUT2D eigenvalue weighted by Gasteiger charge is 2.08. The molecule has 19 heavy (non-hydrogen) atoms. The second-order valence-corrected chi connectivity index (χ2v) is 5.03. The first kappa shape index (κ1) is 13.8. The molecule has 0 unspecified atom stereocenters. The number of aryl methyl sites for hydroxylation is 1. The van der Waals surface area contributed by atoms with Gasteiger partial charge in [0.05, 0.1) is 4.47 Å². The van der Waals surface area contributed by atoms with E-state index in [4.69, 9.17) is 10.5 Å². The van der Waals surface area contributed by atoms with Crippen LogP contribution in [0.5, 0.6) is 5.75 Å². The lowest BCUT2D eigenvalue weighted by Crippen LogP contribution is -2.00. The molecule has 0 saturated heterocycles. The number of hydrogen-bond acceptors (Lipinski definition) is 2. The van der Waals surface area contributed by atoms with Crippen LogP contribution in [0, 0.1) is 18.6 Å². The zero-order chi connectivity index (χ0) is 14.0. The van der Waals surface area contributed by atoms with Gasteiger partial charge in [0.1, 0.15) is 12.4 Å². The summed E-state index contributed by atoms with van der Waals surface area (Å²) in [5.41, 5.74) is 7.46. The molecule has 0 bridgehead atoms. The van der Waals surface area contributed by atoms with Crippen LogP contribution in [0.4, 0.5) is 14.5 Å². The predicted molar refractivity (Wildman–Crippen MR) is 74.0 cm³/mol. The Hall–Kier alpha value is -1.62. The van der Waals surface area contributed by atoms with Gasteiger partial charge < -0.3 is 10.5 Å². The minimum Gasteiger partial charge on any atom is -0.486 e. The second kappa shape index (κ2) is 5.57. The molecule has 0 fully saturated rings. The Morgan fingerprint density at radius 1 is 1.16 bits per heavy atom. The topological polar surface area (TPSA) is 35.2 Å². The normalized spacial score (nSPS) is 10.5. The van der Waals surface area contributed by atoms with E-state index in [9.17, 15) is 8.78 Å². The van der Waals surface area contributed by atoms with E-state index >= 15 is 0 Å². The minimum absolute atomic E-state index is 0.132. The number of rotatable bonds is 3. The Bertz CT molecular complexity index is 617. The van der Waals surface area contributed by atoms with Crippen molar-refractivity contribution in [1.29, 1.82) is 0 Å². The highest BCUT2D eigenvalue weighted by molar-refractivity contribution is 9.10. The van der Waals surface area contributed by atoms with E-state index in [1.165, 1.54) is 12.1 Å². The molecular weight excluding hydrogens is 316 g/mol. The van der Waals surface area contributed by atoms with Gasteiger partial charge in [-0.1, -0.05) is 6.07 Å². The van der Waals surface area contributed by atoms with Crippen molar-refractivity contribution in [2.24, 2.45) is 0 Å². The molecule has 2 nitrogen and oxygen atoms in total. The molecule has 0 amide bonds. The van der Waals surface area contributed by atoms with Crippen molar-refractivity contribution in [1.82, 2.24) is 0 Å². The maximum atomic E-state index is 13.6. The van der Waals surface area contributed by atoms with Crippen LogP contribution in [0.3, 0.4) is 0 Å². The molecule has 0 aliphatic heterocycles. The third kappa shape index (κ3) is 3.23. The summed E-state index contributed by atoms with van der Waals surface area (Å²) < 4.78 is 32.4. The van der Waals surface area contributed by atoms with Gasteiger partial charge in [-0.2, -0.15) is 0 Å². The molecule has 2 aromatic rings. The summed E-state index contributed by atoms with van der Waals surface area (Å²) in [6.07, 6.45) is 0. The van der Waals surface area contributed by atoms with Gasteiger partial charge in [0.15, 0.2) is 11.6 Å². The highest BCUT2D eigenvalue weighted by atomic mass is 79.9. The Morgan fingerprint density at radius 2 is 1.89 bits per heavy atom. The third-order valence-corrected chi connectivity index (χ3v) is 3.31. The Labute approximate surface area is 118 Å². The van der Waals surface area contributed by atoms with Crippen molar-refractivity contribution in [3.05, 3.63) is 57.6 Å². The fourth-order valence-electron chi connectivity index (χ4n) is 1.57. The molecule has 0 aromatic heterocycles. The van der Waals surface area contributed by atoms with Crippen molar-refractivity contribution in [3.8, 4) is 5.75 Å². The van der Waals surface area contributed by atoms with Gasteiger partial charge in [-0.3, -0.25) is 0 Å². The van der Waals surface area contributed by atoms with Crippen molar-refractivity contribution in [2.45, 2.75) is 13.5 Å². The number of benzene rings is 2. The summed E-state index contributed by atoms with van der Waals surface area (Å²) in [5, 5.41) is 0. The van der Waals surface area contributed by atoms with E-state index in [0.29, 0.717) is 10.2 Å². The molecular formula is C14H12BrF2NO. The smallest absolute Gasteiger partial charge is 0.167 e. The van der Waals surface area contributed by atoms with Crippen molar-refractivity contribution < 1.29 is 13.5 Å². The van der Waals surface area contributed by atoms with Crippen LogP contribution in [-0.2, 0) is 6.61 Å². The van der Waals surface area contributed by atoms with Crippen LogP contribution in [0.1, 0.15) is 11.1 Å². The quantitative estimate of drug-likeness (QED) is 0.857. The molecule has 0 radical (unpaired) electrons. The van der Waals surface area contributed by atoms with Gasteiger partial charge in [-0.15, -0.1) is 0 Å². The lowest BCUT2D eigenvalue weighted by molar-refractivity contribution is 0.290. The first-order valence-electron chi connectivity index (χ1n) is 5.59. The van der Waals surface area contributed by atoms with Crippen LogP contribution < -0.4 is 10.5 Å². The number of anilines is 1. The van der Waals surface area contributed by atoms with E-state index in [1.807, 2.05) is 0 Å². The average Bonchev–Trinajstić information content (AvgIpc) is 2.36. The van der Waals surface area contributed by atoms with E-state index < -0.39 is 5.82 Å². The standard InChI is InChI=1S/C14H12BrF2NO/c1-8-4-14(12(17)6-13(8)18)19-7-9-2-3-11(16)10(15)5-9/h2-6H,7,18H2,1H3. The lowest BCUT2D eigenvalue weighted by Gasteiger charge is -2.10. The molecule has 0 atom stereocenters. The van der Waals surface area contributed by atoms with Crippen LogP contribution in [0.15, 0.2) is 34.8 Å². The first-order chi connectivity index (χ1) is 8.97. The van der Waals surface area contributed by atoms with Crippen LogP contribution in [0.2, 0.25) is 0 Å². The number of hydrogen-bond donors (Lipinski definition) is 1. The maximum absolute atomic E-state index is 13.6. The molecule has 2 N–H and O–H groups in total. The average molecular weight is 328 g/mol. The monoisotopic (exact) mass is 327 g/mol. The summed E-state index contributed by atoms with van der Waals surface area (Å²) >= 11 is 3.09. The summed E-state index contributed by atoms with van der Waals surface area (Å²) in [4.78, 5) is 0. The highest BCUT2D eigenvalue weighted by Crippen LogP contribution is 2.25. The van der Waals surface area contributed by atoms with Crippen LogP contribution in [-0.4, -0.2) is 0 Å². The fourth-order valence-corrected chi connectivity index (χ4v) is 2.00. The molecule has 2 aromatic carbocycles. The molecule has 2 rings (SSSR count). The summed E-state index contributed by atoms with van der Waals surface area (Å²) in [6, 6.07) is 7.28. The molecule has 100 valence electrons. The summed E-state index contributed by atoms with van der Waals surface area (Å²) in [6.45, 7) is 1.93. The Morgan fingerprint density at radius 3 is 2.58 bits per heavy atom. The van der Waals surface area contributed by atoms with Crippen molar-refractivity contribution in [3.63, 3.8) is 0 Å². The van der Waals surface area contributed by atoms with Gasteiger partial charge in [0.2, 0.25) is 0 Å². The Kier molecular flexibility index (Phi) is 4.04. The molecule has 0 aliphatic carbocycles. The Balaban J connectivity index is 2.14. The molecule has 0 aliphatic rings. The zero-order valence-corrected chi connectivity index (χ0v) is 11.8. The van der Waals surface area contributed by atoms with Gasteiger partial charge >= 0.3 is 0 Å². The van der Waals surface area contributed by atoms with E-state index in [2.05, 4.69) is 15.9 Å². The van der Waals surface area contributed by atoms with E-state index in [-0.39, 0.29) is 18.2 Å². The van der Waals surface area contributed by atoms with E-state index in [0.717, 1.165) is 11.1 Å². The number of nitrogen functional groups attached to an aromatic ring is 1. The zero-order valence-electron chi connectivity index (χ0n) is 10.2. The van der Waals surface area contributed by atoms with E-state index in [1.54, 1.807) is 25.1 Å². The molecule has 0 heterocycles. The largest absolute Gasteiger partial charge is 0.486 e. The molecule has 5 heteroatoms. The molecule has 0 spiro atoms. The SMILES string of the molecule is Cc1cc(OCc2ccc(F)c(Br)c2)c(F)cc1N. The van der Waals surface area contributed by atoms with Crippen molar-refractivity contribution >= 4 is 21.6 Å². The number of halogens is 3. The lowest BCUT2D eigenvalue weighted by atomic mass is 10.2. The summed E-state index contributed by atoms with van der Waals surface area (Å²) in [5.74, 6) is -0.727. The third-order valence-electron chi connectivity index (χ3n) is 2.70.